The van der Waals surface area contributed by atoms with E-state index in [2.05, 4.69) is 25.5 Å². The largest absolute Gasteiger partial charge is 0.381 e. The predicted octanol–water partition coefficient (Wildman–Crippen LogP) is -0.00752. The molecular weight excluding hydrogens is 220 g/mol. The molecule has 0 aliphatic rings. The summed E-state index contributed by atoms with van der Waals surface area (Å²) in [6, 6.07) is 5.46. The summed E-state index contributed by atoms with van der Waals surface area (Å²) in [5, 5.41) is 23.8. The smallest absolute Gasteiger partial charge is 0.206 e. The number of hydrogen-bond donors (Lipinski definition) is 2. The fraction of sp³-hybridized carbons (Fsp3) is 0. The van der Waals surface area contributed by atoms with Crippen LogP contribution in [0.15, 0.2) is 18.3 Å². The van der Waals surface area contributed by atoms with Gasteiger partial charge in [0.1, 0.15) is 6.07 Å². The molecule has 8 nitrogen and oxygen atoms in total. The number of aromatic nitrogens is 6. The van der Waals surface area contributed by atoms with Crippen LogP contribution in [0.25, 0.3) is 16.9 Å². The van der Waals surface area contributed by atoms with E-state index in [4.69, 9.17) is 11.0 Å². The Morgan fingerprint density at radius 3 is 3.12 bits per heavy atom. The molecule has 0 aliphatic carbocycles. The molecule has 8 heteroatoms. The average molecular weight is 226 g/mol. The molecule has 3 aromatic rings. The van der Waals surface area contributed by atoms with E-state index in [0.29, 0.717) is 11.5 Å². The van der Waals surface area contributed by atoms with Gasteiger partial charge in [-0.1, -0.05) is 5.21 Å². The molecule has 0 saturated carbocycles. The minimum Gasteiger partial charge on any atom is -0.381 e. The van der Waals surface area contributed by atoms with Gasteiger partial charge in [0.15, 0.2) is 17.3 Å². The lowest BCUT2D eigenvalue weighted by atomic mass is 10.3. The SMILES string of the molecule is N#Cc1nnn(-c2n[nH]c3ncccc23)c1N. The van der Waals surface area contributed by atoms with Crippen LogP contribution in [0, 0.1) is 11.3 Å². The zero-order chi connectivity index (χ0) is 11.8. The van der Waals surface area contributed by atoms with E-state index in [0.717, 1.165) is 5.39 Å². The maximum atomic E-state index is 8.76. The Bertz CT molecular complexity index is 731. The maximum absolute atomic E-state index is 8.76. The first kappa shape index (κ1) is 9.29. The second-order valence-electron chi connectivity index (χ2n) is 3.29. The van der Waals surface area contributed by atoms with Crippen molar-refractivity contribution < 1.29 is 0 Å². The monoisotopic (exact) mass is 226 g/mol. The molecule has 0 aromatic carbocycles. The number of aromatic amines is 1. The van der Waals surface area contributed by atoms with Gasteiger partial charge in [0.2, 0.25) is 5.69 Å². The van der Waals surface area contributed by atoms with Gasteiger partial charge in [-0.2, -0.15) is 15.0 Å². The molecule has 0 saturated heterocycles. The number of H-pyrrole nitrogens is 1. The van der Waals surface area contributed by atoms with Gasteiger partial charge in [0, 0.05) is 6.20 Å². The molecule has 3 aromatic heterocycles. The molecule has 82 valence electrons. The van der Waals surface area contributed by atoms with Gasteiger partial charge >= 0.3 is 0 Å². The Morgan fingerprint density at radius 2 is 2.35 bits per heavy atom. The van der Waals surface area contributed by atoms with Crippen molar-refractivity contribution >= 4 is 16.9 Å². The minimum atomic E-state index is 0.0741. The van der Waals surface area contributed by atoms with Crippen molar-refractivity contribution in [3.05, 3.63) is 24.0 Å². The van der Waals surface area contributed by atoms with Gasteiger partial charge in [0.05, 0.1) is 5.39 Å². The number of anilines is 1. The van der Waals surface area contributed by atoms with Gasteiger partial charge in [0.25, 0.3) is 0 Å². The molecule has 0 fully saturated rings. The van der Waals surface area contributed by atoms with Crippen molar-refractivity contribution in [1.82, 2.24) is 30.2 Å². The van der Waals surface area contributed by atoms with Gasteiger partial charge in [-0.25, -0.2) is 4.98 Å². The lowest BCUT2D eigenvalue weighted by molar-refractivity contribution is 0.785. The number of nitriles is 1. The molecule has 0 spiro atoms. The van der Waals surface area contributed by atoms with E-state index < -0.39 is 0 Å². The van der Waals surface area contributed by atoms with Crippen LogP contribution >= 0.6 is 0 Å². The normalized spacial score (nSPS) is 10.5. The second-order valence-corrected chi connectivity index (χ2v) is 3.29. The molecule has 0 radical (unpaired) electrons. The molecule has 17 heavy (non-hydrogen) atoms. The van der Waals surface area contributed by atoms with Crippen LogP contribution in [-0.4, -0.2) is 30.2 Å². The summed E-state index contributed by atoms with van der Waals surface area (Å²) in [5.41, 5.74) is 6.43. The summed E-state index contributed by atoms with van der Waals surface area (Å²) < 4.78 is 1.30. The van der Waals surface area contributed by atoms with Crippen LogP contribution in [0.1, 0.15) is 5.69 Å². The number of nitrogens with one attached hydrogen (secondary N) is 1. The van der Waals surface area contributed by atoms with Crippen molar-refractivity contribution in [2.45, 2.75) is 0 Å². The third-order valence-electron chi connectivity index (χ3n) is 2.33. The highest BCUT2D eigenvalue weighted by Crippen LogP contribution is 2.19. The van der Waals surface area contributed by atoms with E-state index in [1.165, 1.54) is 4.68 Å². The van der Waals surface area contributed by atoms with E-state index in [1.807, 2.05) is 12.1 Å². The maximum Gasteiger partial charge on any atom is 0.206 e. The number of hydrogen-bond acceptors (Lipinski definition) is 6. The number of nitrogens with two attached hydrogens (primary N) is 1. The average Bonchev–Trinajstić information content (AvgIpc) is 2.92. The third-order valence-corrected chi connectivity index (χ3v) is 2.33. The predicted molar refractivity (Wildman–Crippen MR) is 57.9 cm³/mol. The standard InChI is InChI=1S/C9H6N8/c10-4-6-7(11)17(16-13-6)9-5-2-1-3-12-8(5)14-15-9/h1-3H,11H2,(H,12,14,15). The first-order valence-electron chi connectivity index (χ1n) is 4.72. The van der Waals surface area contributed by atoms with Crippen molar-refractivity contribution in [3.8, 4) is 11.9 Å². The number of fused-ring (bicyclic) bond motifs is 1. The minimum absolute atomic E-state index is 0.0741. The molecule has 3 rings (SSSR count). The van der Waals surface area contributed by atoms with Crippen LogP contribution in [0.4, 0.5) is 5.82 Å². The summed E-state index contributed by atoms with van der Waals surface area (Å²) in [6.45, 7) is 0. The zero-order valence-electron chi connectivity index (χ0n) is 8.49. The first-order chi connectivity index (χ1) is 8.31. The summed E-state index contributed by atoms with van der Waals surface area (Å²) in [6.07, 6.45) is 1.65. The zero-order valence-corrected chi connectivity index (χ0v) is 8.49. The Hall–Kier alpha value is -2.95. The molecular formula is C9H6N8. The fourth-order valence-electron chi connectivity index (χ4n) is 1.53. The lowest BCUT2D eigenvalue weighted by Crippen LogP contribution is -2.03. The summed E-state index contributed by atoms with van der Waals surface area (Å²) in [4.78, 5) is 4.10. The lowest BCUT2D eigenvalue weighted by Gasteiger charge is -1.97. The molecule has 0 unspecified atom stereocenters. The Morgan fingerprint density at radius 1 is 1.47 bits per heavy atom. The number of rotatable bonds is 1. The first-order valence-corrected chi connectivity index (χ1v) is 4.72. The van der Waals surface area contributed by atoms with E-state index in [1.54, 1.807) is 12.3 Å². The molecule has 3 heterocycles. The van der Waals surface area contributed by atoms with Gasteiger partial charge < -0.3 is 5.73 Å². The van der Waals surface area contributed by atoms with Gasteiger partial charge in [-0.15, -0.1) is 5.10 Å². The van der Waals surface area contributed by atoms with E-state index in [9.17, 15) is 0 Å². The summed E-state index contributed by atoms with van der Waals surface area (Å²) in [5.74, 6) is 0.629. The molecule has 3 N–H and O–H groups in total. The Labute approximate surface area is 94.7 Å². The number of pyridine rings is 1. The van der Waals surface area contributed by atoms with Crippen LogP contribution in [0.5, 0.6) is 0 Å². The molecule has 0 amide bonds. The topological polar surface area (TPSA) is 122 Å². The molecule has 0 atom stereocenters. The highest BCUT2D eigenvalue weighted by atomic mass is 15.5. The molecule has 0 bridgehead atoms. The third kappa shape index (κ3) is 1.23. The highest BCUT2D eigenvalue weighted by Gasteiger charge is 2.15. The summed E-state index contributed by atoms with van der Waals surface area (Å²) >= 11 is 0. The van der Waals surface area contributed by atoms with Crippen molar-refractivity contribution in [2.24, 2.45) is 0 Å². The highest BCUT2D eigenvalue weighted by molar-refractivity contribution is 5.83. The Balaban J connectivity index is 2.28. The number of nitrogens with zero attached hydrogens (tertiary/aromatic N) is 6. The second kappa shape index (κ2) is 3.28. The number of nitrogen functional groups attached to an aromatic ring is 1. The molecule has 0 aliphatic heterocycles. The van der Waals surface area contributed by atoms with Crippen LogP contribution in [-0.2, 0) is 0 Å². The van der Waals surface area contributed by atoms with E-state index >= 15 is 0 Å². The Kier molecular flexibility index (Phi) is 1.79. The van der Waals surface area contributed by atoms with Gasteiger partial charge in [-0.05, 0) is 12.1 Å². The van der Waals surface area contributed by atoms with E-state index in [-0.39, 0.29) is 11.5 Å². The van der Waals surface area contributed by atoms with Crippen molar-refractivity contribution in [2.75, 3.05) is 5.73 Å². The van der Waals surface area contributed by atoms with Crippen molar-refractivity contribution in [3.63, 3.8) is 0 Å². The van der Waals surface area contributed by atoms with Crippen LogP contribution in [0.2, 0.25) is 0 Å². The van der Waals surface area contributed by atoms with Crippen molar-refractivity contribution in [1.29, 1.82) is 5.26 Å². The fourth-order valence-corrected chi connectivity index (χ4v) is 1.53. The van der Waals surface area contributed by atoms with Gasteiger partial charge in [-0.3, -0.25) is 5.10 Å². The van der Waals surface area contributed by atoms with Crippen LogP contribution in [0.3, 0.4) is 0 Å². The van der Waals surface area contributed by atoms with Crippen LogP contribution < -0.4 is 5.73 Å². The quantitative estimate of drug-likeness (QED) is 0.601. The summed E-state index contributed by atoms with van der Waals surface area (Å²) in [7, 11) is 0.